The molecule has 1 aliphatic heterocycles. The van der Waals surface area contributed by atoms with Crippen LogP contribution in [-0.2, 0) is 14.3 Å². The summed E-state index contributed by atoms with van der Waals surface area (Å²) in [5, 5.41) is 12.1. The van der Waals surface area contributed by atoms with Crippen molar-refractivity contribution in [2.45, 2.75) is 52.0 Å². The number of fused-ring (bicyclic) bond motifs is 3. The molecule has 186 valence electrons. The molecule has 3 atom stereocenters. The molecule has 0 spiro atoms. The number of piperidine rings is 1. The number of alkyl carbamates (subject to hydrolysis) is 1. The number of benzene rings is 2. The third-order valence-corrected chi connectivity index (χ3v) is 7.75. The third-order valence-electron chi connectivity index (χ3n) is 7.75. The molecule has 4 rings (SSSR count). The predicted molar refractivity (Wildman–Crippen MR) is 133 cm³/mol. The van der Waals surface area contributed by atoms with Gasteiger partial charge in [0.25, 0.3) is 0 Å². The van der Waals surface area contributed by atoms with Crippen LogP contribution >= 0.6 is 0 Å². The quantitative estimate of drug-likeness (QED) is 0.604. The number of amides is 2. The predicted octanol–water partition coefficient (Wildman–Crippen LogP) is 4.65. The number of ether oxygens (including phenoxy) is 1. The zero-order valence-corrected chi connectivity index (χ0v) is 20.6. The molecular formula is C28H34N2O5. The molecule has 35 heavy (non-hydrogen) atoms. The van der Waals surface area contributed by atoms with Gasteiger partial charge in [0.2, 0.25) is 5.91 Å². The maximum absolute atomic E-state index is 13.4. The van der Waals surface area contributed by atoms with E-state index in [-0.39, 0.29) is 31.0 Å². The van der Waals surface area contributed by atoms with Gasteiger partial charge in [0.1, 0.15) is 6.61 Å². The van der Waals surface area contributed by atoms with E-state index in [2.05, 4.69) is 29.6 Å². The fourth-order valence-electron chi connectivity index (χ4n) is 5.31. The first-order valence-corrected chi connectivity index (χ1v) is 12.4. The van der Waals surface area contributed by atoms with Gasteiger partial charge in [-0.1, -0.05) is 55.5 Å². The molecule has 2 amide bonds. The summed E-state index contributed by atoms with van der Waals surface area (Å²) in [6, 6.07) is 16.2. The Morgan fingerprint density at radius 3 is 2.23 bits per heavy atom. The Labute approximate surface area is 206 Å². The number of rotatable bonds is 7. The molecule has 2 N–H and O–H groups in total. The van der Waals surface area contributed by atoms with Crippen LogP contribution in [0.1, 0.15) is 57.1 Å². The lowest BCUT2D eigenvalue weighted by molar-refractivity contribution is -0.151. The zero-order valence-electron chi connectivity index (χ0n) is 20.6. The Hall–Kier alpha value is -3.35. The number of hydrogen-bond donors (Lipinski definition) is 2. The highest BCUT2D eigenvalue weighted by molar-refractivity contribution is 5.84. The van der Waals surface area contributed by atoms with Crippen molar-refractivity contribution in [1.29, 1.82) is 0 Å². The van der Waals surface area contributed by atoms with Gasteiger partial charge in [0.05, 0.1) is 11.3 Å². The largest absolute Gasteiger partial charge is 0.481 e. The van der Waals surface area contributed by atoms with Crippen molar-refractivity contribution < 1.29 is 24.2 Å². The molecule has 2 aliphatic rings. The number of carbonyl (C=O) groups excluding carboxylic acids is 2. The zero-order chi connectivity index (χ0) is 25.2. The standard InChI is InChI=1S/C28H34N2O5/c1-4-28(3,26(33)30-14-13-19(25(31)32)15-18(30)2)17-29-27(34)35-16-24-22-11-7-5-9-20(22)21-10-6-8-12-23(21)24/h5-12,18-19,24H,4,13-17H2,1-3H3,(H,29,34)(H,31,32)/t18-,19-,28?/m0/s1. The van der Waals surface area contributed by atoms with Crippen molar-refractivity contribution in [3.63, 3.8) is 0 Å². The third kappa shape index (κ3) is 4.90. The topological polar surface area (TPSA) is 95.9 Å². The molecule has 2 aromatic rings. The van der Waals surface area contributed by atoms with Crippen molar-refractivity contribution in [2.24, 2.45) is 11.3 Å². The minimum Gasteiger partial charge on any atom is -0.481 e. The summed E-state index contributed by atoms with van der Waals surface area (Å²) in [6.45, 7) is 6.45. The second-order valence-electron chi connectivity index (χ2n) is 10.0. The first-order chi connectivity index (χ1) is 16.7. The van der Waals surface area contributed by atoms with Gasteiger partial charge in [-0.15, -0.1) is 0 Å². The molecule has 0 saturated carbocycles. The van der Waals surface area contributed by atoms with Crippen molar-refractivity contribution in [1.82, 2.24) is 10.2 Å². The molecule has 1 aliphatic carbocycles. The molecular weight excluding hydrogens is 444 g/mol. The summed E-state index contributed by atoms with van der Waals surface area (Å²) in [4.78, 5) is 39.1. The van der Waals surface area contributed by atoms with Crippen molar-refractivity contribution in [2.75, 3.05) is 19.7 Å². The average Bonchev–Trinajstić information content (AvgIpc) is 3.19. The summed E-state index contributed by atoms with van der Waals surface area (Å²) < 4.78 is 5.63. The van der Waals surface area contributed by atoms with Crippen LogP contribution in [0.4, 0.5) is 4.79 Å². The van der Waals surface area contributed by atoms with Gasteiger partial charge in [-0.2, -0.15) is 0 Å². The monoisotopic (exact) mass is 478 g/mol. The summed E-state index contributed by atoms with van der Waals surface area (Å²) >= 11 is 0. The Kier molecular flexibility index (Phi) is 7.15. The van der Waals surface area contributed by atoms with Gasteiger partial charge in [-0.3, -0.25) is 9.59 Å². The molecule has 0 radical (unpaired) electrons. The Balaban J connectivity index is 1.35. The number of aliphatic carboxylic acids is 1. The molecule has 2 aromatic carbocycles. The lowest BCUT2D eigenvalue weighted by Gasteiger charge is -2.41. The maximum Gasteiger partial charge on any atom is 0.407 e. The SMILES string of the molecule is CCC(C)(CNC(=O)OCC1c2ccccc2-c2ccccc21)C(=O)N1CC[C@H](C(=O)O)C[C@@H]1C. The number of carboxylic acids is 1. The van der Waals surface area contributed by atoms with Crippen molar-refractivity contribution in [3.05, 3.63) is 59.7 Å². The maximum atomic E-state index is 13.4. The van der Waals surface area contributed by atoms with Gasteiger partial charge >= 0.3 is 12.1 Å². The first-order valence-electron chi connectivity index (χ1n) is 12.4. The van der Waals surface area contributed by atoms with Crippen LogP contribution in [0.15, 0.2) is 48.5 Å². The van der Waals surface area contributed by atoms with E-state index in [0.29, 0.717) is 25.8 Å². The fraction of sp³-hybridized carbons (Fsp3) is 0.464. The normalized spacial score (nSPS) is 20.9. The molecule has 1 unspecified atom stereocenters. The van der Waals surface area contributed by atoms with Gasteiger partial charge in [0, 0.05) is 25.0 Å². The molecule has 1 heterocycles. The van der Waals surface area contributed by atoms with E-state index in [9.17, 15) is 19.5 Å². The molecule has 7 heteroatoms. The van der Waals surface area contributed by atoms with E-state index in [0.717, 1.165) is 11.1 Å². The fourth-order valence-corrected chi connectivity index (χ4v) is 5.31. The number of likely N-dealkylation sites (tertiary alicyclic amines) is 1. The molecule has 0 aromatic heterocycles. The number of carbonyl (C=O) groups is 3. The Morgan fingerprint density at radius 1 is 1.09 bits per heavy atom. The summed E-state index contributed by atoms with van der Waals surface area (Å²) in [5.74, 6) is -1.31. The number of hydrogen-bond acceptors (Lipinski definition) is 4. The van der Waals surface area contributed by atoms with E-state index >= 15 is 0 Å². The van der Waals surface area contributed by atoms with E-state index in [1.54, 1.807) is 4.90 Å². The average molecular weight is 479 g/mol. The van der Waals surface area contributed by atoms with Crippen LogP contribution in [0.25, 0.3) is 11.1 Å². The Bertz CT molecular complexity index is 1070. The van der Waals surface area contributed by atoms with Crippen LogP contribution in [0.2, 0.25) is 0 Å². The van der Waals surface area contributed by atoms with E-state index in [1.165, 1.54) is 11.1 Å². The van der Waals surface area contributed by atoms with E-state index in [1.807, 2.05) is 45.0 Å². The van der Waals surface area contributed by atoms with Crippen LogP contribution < -0.4 is 5.32 Å². The molecule has 1 fully saturated rings. The highest BCUT2D eigenvalue weighted by Gasteiger charge is 2.40. The highest BCUT2D eigenvalue weighted by Crippen LogP contribution is 2.44. The van der Waals surface area contributed by atoms with E-state index < -0.39 is 23.4 Å². The van der Waals surface area contributed by atoms with Gasteiger partial charge in [-0.05, 0) is 55.4 Å². The molecule has 0 bridgehead atoms. The number of nitrogens with one attached hydrogen (secondary N) is 1. The summed E-state index contributed by atoms with van der Waals surface area (Å²) in [5.41, 5.74) is 3.84. The van der Waals surface area contributed by atoms with Crippen molar-refractivity contribution >= 4 is 18.0 Å². The van der Waals surface area contributed by atoms with Crippen LogP contribution in [0.3, 0.4) is 0 Å². The number of nitrogens with zero attached hydrogens (tertiary/aromatic N) is 1. The minimum absolute atomic E-state index is 0.0243. The second kappa shape index (κ2) is 10.1. The van der Waals surface area contributed by atoms with E-state index in [4.69, 9.17) is 4.74 Å². The molecule has 7 nitrogen and oxygen atoms in total. The lowest BCUT2D eigenvalue weighted by atomic mass is 9.83. The highest BCUT2D eigenvalue weighted by atomic mass is 16.5. The van der Waals surface area contributed by atoms with Crippen LogP contribution in [0.5, 0.6) is 0 Å². The van der Waals surface area contributed by atoms with Gasteiger partial charge in [-0.25, -0.2) is 4.79 Å². The van der Waals surface area contributed by atoms with Crippen LogP contribution in [0, 0.1) is 11.3 Å². The van der Waals surface area contributed by atoms with Crippen LogP contribution in [-0.4, -0.2) is 53.7 Å². The smallest absolute Gasteiger partial charge is 0.407 e. The Morgan fingerprint density at radius 2 is 1.69 bits per heavy atom. The molecule has 1 saturated heterocycles. The number of carboxylic acid groups (broad SMARTS) is 1. The first kappa shape index (κ1) is 24.8. The van der Waals surface area contributed by atoms with Gasteiger partial charge < -0.3 is 20.1 Å². The summed E-state index contributed by atoms with van der Waals surface area (Å²) in [7, 11) is 0. The second-order valence-corrected chi connectivity index (χ2v) is 10.0. The minimum atomic E-state index is -0.806. The van der Waals surface area contributed by atoms with Crippen molar-refractivity contribution in [3.8, 4) is 11.1 Å². The van der Waals surface area contributed by atoms with Gasteiger partial charge in [0.15, 0.2) is 0 Å². The lowest BCUT2D eigenvalue weighted by Crippen LogP contribution is -2.54. The summed E-state index contributed by atoms with van der Waals surface area (Å²) in [6.07, 6.45) is 0.893.